The summed E-state index contributed by atoms with van der Waals surface area (Å²) >= 11 is 14.5. The van der Waals surface area contributed by atoms with Crippen LogP contribution in [0.1, 0.15) is 127 Å². The number of hydrogen-bond donors (Lipinski definition) is 11. The number of nitrogens with two attached hydrogens (primary N) is 5. The molecule has 1 atom stereocenters. The molecule has 0 saturated carbocycles. The highest BCUT2D eigenvalue weighted by atomic mass is 127. The van der Waals surface area contributed by atoms with Crippen LogP contribution in [-0.2, 0) is 37.4 Å². The number of rotatable bonds is 26. The van der Waals surface area contributed by atoms with Crippen molar-refractivity contribution in [2.24, 2.45) is 22.7 Å². The molecule has 6 aliphatic rings. The average Bonchev–Trinajstić information content (AvgIpc) is 1.64. The number of anilines is 6. The zero-order chi connectivity index (χ0) is 106. The summed E-state index contributed by atoms with van der Waals surface area (Å²) in [6.45, 7) is 39.2. The minimum Gasteiger partial charge on any atom is -0.454 e. The maximum Gasteiger partial charge on any atom is 0.251 e. The van der Waals surface area contributed by atoms with E-state index in [2.05, 4.69) is 218 Å². The van der Waals surface area contributed by atoms with Crippen molar-refractivity contribution in [1.29, 1.82) is 0 Å². The molecular formula is C102H126BrI2N29O11S4. The number of allylic oxidation sites excluding steroid dienone is 1. The summed E-state index contributed by atoms with van der Waals surface area (Å²) in [5.41, 5.74) is 44.0. The van der Waals surface area contributed by atoms with Gasteiger partial charge in [-0.05, 0) is 226 Å². The van der Waals surface area contributed by atoms with Crippen molar-refractivity contribution in [2.45, 2.75) is 182 Å². The van der Waals surface area contributed by atoms with E-state index in [9.17, 15) is 14.7 Å². The summed E-state index contributed by atoms with van der Waals surface area (Å²) in [4.78, 5) is 89.2. The van der Waals surface area contributed by atoms with E-state index in [0.717, 1.165) is 252 Å². The third kappa shape index (κ3) is 28.0. The Morgan fingerprint density at radius 3 is 1.66 bits per heavy atom. The summed E-state index contributed by atoms with van der Waals surface area (Å²) < 4.78 is 55.7. The molecule has 1 fully saturated rings. The molecule has 2 amide bonds. The average molecular weight is 2400 g/mol. The van der Waals surface area contributed by atoms with Gasteiger partial charge in [0.2, 0.25) is 33.1 Å². The number of hydrogen-bond acceptors (Lipinski definition) is 38. The third-order valence-corrected chi connectivity index (χ3v) is 31.8. The Hall–Kier alpha value is -11.7. The molecule has 20 rings (SSSR count). The van der Waals surface area contributed by atoms with E-state index in [0.29, 0.717) is 107 Å². The minimum absolute atomic E-state index is 0.0729. The maximum absolute atomic E-state index is 12.6. The minimum atomic E-state index is -0.950. The highest BCUT2D eigenvalue weighted by molar-refractivity contribution is 14.1. The Bertz CT molecular complexity index is 7200. The fraction of sp³-hybridized carbons (Fsp3) is 0.422. The Kier molecular flexibility index (Phi) is 36.6. The number of halogens is 3. The molecule has 47 heteroatoms. The number of piperidine rings is 1. The molecule has 790 valence electrons. The number of ether oxygens (including phenoxy) is 8. The van der Waals surface area contributed by atoms with E-state index in [4.69, 9.17) is 86.5 Å². The number of benzene rings is 5. The first-order chi connectivity index (χ1) is 71.4. The smallest absolute Gasteiger partial charge is 0.251 e. The Morgan fingerprint density at radius 2 is 1.06 bits per heavy atom. The van der Waals surface area contributed by atoms with Crippen LogP contribution < -0.4 is 98.0 Å². The lowest BCUT2D eigenvalue weighted by atomic mass is 9.93. The second-order valence-corrected chi connectivity index (χ2v) is 46.6. The van der Waals surface area contributed by atoms with Gasteiger partial charge in [-0.3, -0.25) is 9.59 Å². The SMILES string of the molecule is C=C1CCSc2cc(nc(N)n2)-c2cc(c(C)cc2C)C(=O)NCCCN1.CC(C)(C)CNCCn1c(Sc2cc3c(cc2I)OCO3)nc2c(N)ncnc21.CC(C)CNCCn1c(Cc2cc3c(cc2I)OCO3)nc2c(N)ncnc21.CN(C)c1cc2c(cc1Sc1nc3c(N)nccc3n1CCNCC(C)(C)C)OCO2.C[C@H](O)C(=O)N1CCC(CCn2c(Sc3cc4c(cc3Br)OCO4)nc3c(N)ncnc32)CC1. The van der Waals surface area contributed by atoms with Gasteiger partial charge in [-0.2, -0.15) is 0 Å². The van der Waals surface area contributed by atoms with E-state index in [-0.39, 0.29) is 55.8 Å². The number of likely N-dealkylation sites (tertiary alicyclic amines) is 1. The van der Waals surface area contributed by atoms with Crippen molar-refractivity contribution in [3.8, 4) is 57.3 Å². The number of fused-ring (bicyclic) bond motifs is 13. The summed E-state index contributed by atoms with van der Waals surface area (Å²) in [5.74, 6) is 10.4. The van der Waals surface area contributed by atoms with E-state index in [1.165, 1.54) is 37.7 Å². The zero-order valence-corrected chi connectivity index (χ0v) is 94.7. The molecule has 1 saturated heterocycles. The number of aryl methyl sites for hydroxylation is 3. The molecule has 5 aromatic carbocycles. The first-order valence-electron chi connectivity index (χ1n) is 49.0. The molecule has 0 unspecified atom stereocenters. The monoisotopic (exact) mass is 2390 g/mol. The standard InChI is InChI=1S/C22H25BrN6O4S.C22H30N6O2S.C20H25N5OS.C19H23IN6O2S.C19H23IN6O2/c1-12(30)21(31)28-5-2-13(3-6-28)4-7-29-20-18(19(24)25-10-26-20)27-22(29)34-17-9-16-15(8-14(17)23)32-11-33-16;1-22(2,3)12-24-8-9-28-14-6-7-25-20(23)19(14)26-21(28)31-18-11-17-16(29-13-30-17)10-15(18)27(4)5;1-12-9-13(2)16-10-15(12)17-11-18(25-20(21)24-17)27-8-5-14(3)22-6-4-7-23-19(16)26;1-19(2,3)8-22-4-5-26-17-15(16(21)23-9-24-17)25-18(26)29-14-7-13-12(6-11(14)20)27-10-28-13;1-11(2)8-22-3-4-26-16(25-17-18(21)23-9-24-19(17)26)6-12-5-14-15(7-13(12)20)28-10-27-14/h8-10,12-13,30H,2-7,11H2,1H3,(H2,24,25,26);6-7,10-11,24H,8-9,12-13H2,1-5H3,(H2,23,25);9-11,22H,3-8H2,1-2H3,(H,23,26)(H2,21,24,25);6-7,9,22H,4-5,8,10H2,1-3H3,(H2,21,23,24);5,7,9,11,22H,3-4,6,8,10H2,1-2H3,(H2,21,23,24)/t12-;;;;/m0..../s1. The summed E-state index contributed by atoms with van der Waals surface area (Å²) in [5, 5.41) is 29.7. The number of carbonyl (C=O) groups is 2. The number of amides is 2. The van der Waals surface area contributed by atoms with Crippen molar-refractivity contribution in [2.75, 3.05) is 146 Å². The summed E-state index contributed by atoms with van der Waals surface area (Å²) in [6.07, 6.45) is 10.3. The Labute approximate surface area is 917 Å². The lowest BCUT2D eigenvalue weighted by Gasteiger charge is -2.32. The lowest BCUT2D eigenvalue weighted by Crippen LogP contribution is -2.43. The first-order valence-corrected chi connectivity index (χ1v) is 55.4. The van der Waals surface area contributed by atoms with Crippen LogP contribution in [0.5, 0.6) is 46.0 Å². The normalized spacial score (nSPS) is 14.5. The van der Waals surface area contributed by atoms with Crippen molar-refractivity contribution >= 4 is 199 Å². The van der Waals surface area contributed by atoms with Crippen LogP contribution in [0.4, 0.5) is 34.9 Å². The number of nitrogen functional groups attached to an aromatic ring is 5. The van der Waals surface area contributed by atoms with Gasteiger partial charge in [-0.25, -0.2) is 64.8 Å². The van der Waals surface area contributed by atoms with Gasteiger partial charge in [-0.15, -0.1) is 11.8 Å². The van der Waals surface area contributed by atoms with Crippen LogP contribution in [0, 0.1) is 43.7 Å². The number of thioether (sulfide) groups is 1. The van der Waals surface area contributed by atoms with Gasteiger partial charge in [0.15, 0.2) is 118 Å². The molecule has 149 heavy (non-hydrogen) atoms. The van der Waals surface area contributed by atoms with Crippen LogP contribution in [0.15, 0.2) is 150 Å². The number of aliphatic hydroxyl groups excluding tert-OH is 1. The van der Waals surface area contributed by atoms with Gasteiger partial charge in [0.25, 0.3) is 11.8 Å². The van der Waals surface area contributed by atoms with Gasteiger partial charge >= 0.3 is 0 Å². The van der Waals surface area contributed by atoms with E-state index < -0.39 is 6.10 Å². The fourth-order valence-corrected chi connectivity index (χ4v) is 22.9. The number of nitrogens with one attached hydrogen (secondary N) is 5. The molecule has 14 aromatic rings. The maximum atomic E-state index is 12.6. The van der Waals surface area contributed by atoms with E-state index in [1.54, 1.807) is 46.4 Å². The molecular weight excluding hydrogens is 2270 g/mol. The molecule has 9 aromatic heterocycles. The van der Waals surface area contributed by atoms with Crippen LogP contribution >= 0.6 is 108 Å². The highest BCUT2D eigenvalue weighted by Gasteiger charge is 2.32. The number of pyridine rings is 1. The topological polar surface area (TPSA) is 512 Å². The van der Waals surface area contributed by atoms with Gasteiger partial charge in [-0.1, -0.05) is 91.6 Å². The van der Waals surface area contributed by atoms with Crippen LogP contribution in [0.2, 0.25) is 0 Å². The largest absolute Gasteiger partial charge is 0.454 e. The van der Waals surface area contributed by atoms with E-state index >= 15 is 0 Å². The van der Waals surface area contributed by atoms with Crippen molar-refractivity contribution in [3.63, 3.8) is 0 Å². The van der Waals surface area contributed by atoms with Crippen LogP contribution in [0.3, 0.4) is 0 Å². The molecule has 0 spiro atoms. The second kappa shape index (κ2) is 49.6. The van der Waals surface area contributed by atoms with Crippen molar-refractivity contribution < 1.29 is 52.6 Å². The van der Waals surface area contributed by atoms with Crippen molar-refractivity contribution in [1.82, 2.24) is 115 Å². The van der Waals surface area contributed by atoms with Crippen molar-refractivity contribution in [3.05, 3.63) is 150 Å². The number of aromatic nitrogens is 17. The predicted molar refractivity (Wildman–Crippen MR) is 603 cm³/mol. The lowest BCUT2D eigenvalue weighted by molar-refractivity contribution is -0.140. The van der Waals surface area contributed by atoms with Crippen LogP contribution in [-0.4, -0.2) is 223 Å². The van der Waals surface area contributed by atoms with E-state index in [1.807, 2.05) is 101 Å². The van der Waals surface area contributed by atoms with Gasteiger partial charge in [0.05, 0.1) is 16.9 Å². The quantitative estimate of drug-likeness (QED) is 0.0136. The Balaban J connectivity index is 0.000000133. The number of imidazole rings is 4. The summed E-state index contributed by atoms with van der Waals surface area (Å²) in [7, 11) is 4.03. The van der Waals surface area contributed by atoms with Gasteiger partial charge in [0, 0.05) is 173 Å². The number of aliphatic hydroxyl groups is 1. The molecule has 0 aliphatic carbocycles. The fourth-order valence-electron chi connectivity index (χ4n) is 17.0. The van der Waals surface area contributed by atoms with Gasteiger partial charge in [0.1, 0.15) is 41.5 Å². The molecule has 15 heterocycles. The zero-order valence-electron chi connectivity index (χ0n) is 85.5. The molecule has 16 N–H and O–H groups in total. The molecule has 6 aliphatic heterocycles. The summed E-state index contributed by atoms with van der Waals surface area (Å²) in [6, 6.07) is 23.7. The Morgan fingerprint density at radius 1 is 0.570 bits per heavy atom. The first kappa shape index (κ1) is 110. The molecule has 0 radical (unpaired) electrons. The van der Waals surface area contributed by atoms with Crippen LogP contribution in [0.25, 0.3) is 55.8 Å². The molecule has 4 bridgehead atoms. The predicted octanol–water partition coefficient (Wildman–Crippen LogP) is 15.8. The number of nitrogens with zero attached hydrogens (tertiary/aromatic N) is 19. The second-order valence-electron chi connectivity index (χ2n) is 39.3. The highest BCUT2D eigenvalue weighted by Crippen LogP contribution is 2.48. The third-order valence-electron chi connectivity index (χ3n) is 24.6. The van der Waals surface area contributed by atoms with Gasteiger partial charge < -0.3 is 126 Å². The number of carbonyl (C=O) groups excluding carboxylic acids is 2. The molecule has 40 nitrogen and oxygen atoms in total.